The van der Waals surface area contributed by atoms with Gasteiger partial charge in [-0.3, -0.25) is 0 Å². The van der Waals surface area contributed by atoms with Crippen molar-refractivity contribution in [2.45, 2.75) is 6.42 Å². The number of hydrogen-bond acceptors (Lipinski definition) is 0. The Morgan fingerprint density at radius 3 is 1.00 bits per heavy atom. The average molecular weight is 1360 g/mol. The molecule has 10 heteroatoms. The normalized spacial score (nSPS) is 11.3. The molecular weight excluding hydrogens is 1350 g/mol. The summed E-state index contributed by atoms with van der Waals surface area (Å²) in [6, 6.07) is 15.5. The molecule has 0 fully saturated rings. The SMILES string of the molecule is Fc1ccc(-c2ccc(Cc3ccc(-c4ccc(F)c(I)c4I)c(I)c3I)c(I)c2I)c(I)c1I. The van der Waals surface area contributed by atoms with Crippen LogP contribution in [0.5, 0.6) is 0 Å². The number of halogens is 10. The van der Waals surface area contributed by atoms with Crippen molar-refractivity contribution in [1.29, 1.82) is 0 Å². The summed E-state index contributed by atoms with van der Waals surface area (Å²) in [6.45, 7) is 0. The van der Waals surface area contributed by atoms with E-state index >= 15 is 0 Å². The minimum Gasteiger partial charge on any atom is -0.206 e. The molecule has 0 aliphatic rings. The van der Waals surface area contributed by atoms with E-state index in [1.165, 1.54) is 25.4 Å². The molecule has 0 aromatic heterocycles. The molecule has 0 saturated heterocycles. The molecule has 0 unspecified atom stereocenters. The Kier molecular flexibility index (Phi) is 11.4. The van der Waals surface area contributed by atoms with Gasteiger partial charge in [-0.2, -0.15) is 0 Å². The predicted molar refractivity (Wildman–Crippen MR) is 208 cm³/mol. The molecule has 180 valence electrons. The molecule has 0 atom stereocenters. The van der Waals surface area contributed by atoms with Crippen molar-refractivity contribution in [1.82, 2.24) is 0 Å². The minimum atomic E-state index is -0.183. The third kappa shape index (κ3) is 6.41. The molecule has 4 rings (SSSR count). The van der Waals surface area contributed by atoms with Crippen LogP contribution in [0.1, 0.15) is 11.1 Å². The Morgan fingerprint density at radius 1 is 0.371 bits per heavy atom. The highest BCUT2D eigenvalue weighted by atomic mass is 127. The van der Waals surface area contributed by atoms with Crippen molar-refractivity contribution in [3.05, 3.63) is 99.9 Å². The summed E-state index contributed by atoms with van der Waals surface area (Å²) in [5.74, 6) is -0.365. The molecule has 4 aromatic carbocycles. The maximum atomic E-state index is 14.0. The Morgan fingerprint density at radius 2 is 0.657 bits per heavy atom. The number of benzene rings is 4. The molecule has 35 heavy (non-hydrogen) atoms. The van der Waals surface area contributed by atoms with Crippen LogP contribution in [0.3, 0.4) is 0 Å². The van der Waals surface area contributed by atoms with E-state index < -0.39 is 0 Å². The van der Waals surface area contributed by atoms with Crippen molar-refractivity contribution in [2.24, 2.45) is 0 Å². The first-order valence-corrected chi connectivity index (χ1v) is 18.4. The molecule has 0 spiro atoms. The highest BCUT2D eigenvalue weighted by Gasteiger charge is 2.19. The molecule has 0 nitrogen and oxygen atoms in total. The monoisotopic (exact) mass is 1360 g/mol. The molecule has 0 radical (unpaired) electrons. The van der Waals surface area contributed by atoms with Gasteiger partial charge in [0.1, 0.15) is 11.6 Å². The van der Waals surface area contributed by atoms with Crippen molar-refractivity contribution < 1.29 is 8.78 Å². The molecule has 0 bridgehead atoms. The lowest BCUT2D eigenvalue weighted by atomic mass is 9.98. The van der Waals surface area contributed by atoms with Crippen LogP contribution in [0.4, 0.5) is 8.78 Å². The van der Waals surface area contributed by atoms with Gasteiger partial charge in [0.2, 0.25) is 0 Å². The summed E-state index contributed by atoms with van der Waals surface area (Å²) in [4.78, 5) is 0. The smallest absolute Gasteiger partial charge is 0.137 e. The zero-order chi connectivity index (χ0) is 25.6. The van der Waals surface area contributed by atoms with Gasteiger partial charge in [0.05, 0.1) is 7.14 Å². The van der Waals surface area contributed by atoms with Crippen LogP contribution >= 0.6 is 181 Å². The lowest BCUT2D eigenvalue weighted by Crippen LogP contribution is -2.02. The first kappa shape index (κ1) is 30.5. The van der Waals surface area contributed by atoms with Crippen LogP contribution in [0.2, 0.25) is 0 Å². The molecule has 0 aliphatic carbocycles. The van der Waals surface area contributed by atoms with Crippen LogP contribution in [0.15, 0.2) is 48.5 Å². The second kappa shape index (κ2) is 13.0. The second-order valence-electron chi connectivity index (χ2n) is 7.42. The van der Waals surface area contributed by atoms with Gasteiger partial charge in [-0.15, -0.1) is 0 Å². The van der Waals surface area contributed by atoms with Gasteiger partial charge in [-0.1, -0.05) is 36.4 Å². The number of hydrogen-bond donors (Lipinski definition) is 0. The first-order chi connectivity index (χ1) is 16.5. The first-order valence-electron chi connectivity index (χ1n) is 9.74. The summed E-state index contributed by atoms with van der Waals surface area (Å²) < 4.78 is 36.0. The zero-order valence-corrected chi connectivity index (χ0v) is 34.4. The summed E-state index contributed by atoms with van der Waals surface area (Å²) in [5.41, 5.74) is 6.89. The predicted octanol–water partition coefficient (Wildman–Crippen LogP) is 11.7. The summed E-state index contributed by atoms with van der Waals surface area (Å²) in [5, 5.41) is 0. The van der Waals surface area contributed by atoms with Crippen LogP contribution in [-0.2, 0) is 6.42 Å². The molecule has 0 heterocycles. The summed E-state index contributed by atoms with van der Waals surface area (Å²) in [6.07, 6.45) is 0.819. The third-order valence-electron chi connectivity index (χ3n) is 5.36. The van der Waals surface area contributed by atoms with Gasteiger partial charge in [0.15, 0.2) is 0 Å². The van der Waals surface area contributed by atoms with E-state index in [0.717, 1.165) is 35.8 Å². The fourth-order valence-electron chi connectivity index (χ4n) is 3.54. The average Bonchev–Trinajstić information content (AvgIpc) is 2.83. The third-order valence-corrected chi connectivity index (χ3v) is 18.5. The molecule has 4 aromatic rings. The molecule has 0 N–H and O–H groups in total. The fraction of sp³-hybridized carbons (Fsp3) is 0.0400. The van der Waals surface area contributed by atoms with Crippen LogP contribution in [0, 0.1) is 40.2 Å². The van der Waals surface area contributed by atoms with Crippen molar-refractivity contribution >= 4 is 181 Å². The maximum absolute atomic E-state index is 14.0. The van der Waals surface area contributed by atoms with Crippen LogP contribution in [-0.4, -0.2) is 0 Å². The Labute approximate surface area is 311 Å². The topological polar surface area (TPSA) is 0 Å². The van der Waals surface area contributed by atoms with Crippen LogP contribution in [0.25, 0.3) is 22.3 Å². The van der Waals surface area contributed by atoms with Gasteiger partial charge < -0.3 is 0 Å². The molecule has 0 aliphatic heterocycles. The van der Waals surface area contributed by atoms with E-state index in [9.17, 15) is 8.78 Å². The maximum Gasteiger partial charge on any atom is 0.137 e. The molecular formula is C25H10F2I8. The molecule has 0 amide bonds. The van der Waals surface area contributed by atoms with E-state index in [1.54, 1.807) is 12.1 Å². The van der Waals surface area contributed by atoms with E-state index in [1.807, 2.05) is 12.1 Å². The van der Waals surface area contributed by atoms with Crippen LogP contribution < -0.4 is 0 Å². The van der Waals surface area contributed by atoms with E-state index in [2.05, 4.69) is 205 Å². The van der Waals surface area contributed by atoms with E-state index in [4.69, 9.17) is 0 Å². The lowest BCUT2D eigenvalue weighted by Gasteiger charge is -2.16. The zero-order valence-electron chi connectivity index (χ0n) is 17.1. The highest BCUT2D eigenvalue weighted by molar-refractivity contribution is 14.1. The van der Waals surface area contributed by atoms with Gasteiger partial charge in [-0.05, 0) is 233 Å². The summed E-state index contributed by atoms with van der Waals surface area (Å²) in [7, 11) is 0. The largest absolute Gasteiger partial charge is 0.206 e. The summed E-state index contributed by atoms with van der Waals surface area (Å²) >= 11 is 18.3. The Bertz CT molecular complexity index is 1370. The van der Waals surface area contributed by atoms with Gasteiger partial charge in [0, 0.05) is 21.4 Å². The molecule has 0 saturated carbocycles. The van der Waals surface area contributed by atoms with Crippen molar-refractivity contribution in [3.63, 3.8) is 0 Å². The van der Waals surface area contributed by atoms with Gasteiger partial charge in [-0.25, -0.2) is 8.78 Å². The fourth-order valence-corrected chi connectivity index (χ4v) is 8.89. The highest BCUT2D eigenvalue weighted by Crippen LogP contribution is 2.39. The van der Waals surface area contributed by atoms with E-state index in [0.29, 0.717) is 7.14 Å². The Balaban J connectivity index is 1.71. The number of rotatable bonds is 4. The standard InChI is InChI=1S/C25H10F2I8/c26-16-7-5-14(22(32)24(16)34)12-3-1-10(18(28)20(12)30)9-11-2-4-13(21(31)19(11)29)15-6-8-17(27)25(35)23(15)33/h1-8H,9H2. The minimum absolute atomic E-state index is 0.183. The van der Waals surface area contributed by atoms with E-state index in [-0.39, 0.29) is 11.6 Å². The second-order valence-corrected chi connectivity index (χ2v) is 16.1. The van der Waals surface area contributed by atoms with Gasteiger partial charge in [0.25, 0.3) is 0 Å². The van der Waals surface area contributed by atoms with Gasteiger partial charge >= 0.3 is 0 Å². The van der Waals surface area contributed by atoms with Crippen molar-refractivity contribution in [3.8, 4) is 22.3 Å². The quantitative estimate of drug-likeness (QED) is 0.141. The Hall–Kier alpha value is 2.58. The van der Waals surface area contributed by atoms with Crippen molar-refractivity contribution in [2.75, 3.05) is 0 Å². The lowest BCUT2D eigenvalue weighted by molar-refractivity contribution is 0.619.